The van der Waals surface area contributed by atoms with Crippen molar-refractivity contribution in [2.75, 3.05) is 0 Å². The first kappa shape index (κ1) is 10.9. The van der Waals surface area contributed by atoms with E-state index in [9.17, 15) is 22.8 Å². The van der Waals surface area contributed by atoms with Crippen molar-refractivity contribution in [3.63, 3.8) is 0 Å². The molecule has 0 aliphatic heterocycles. The van der Waals surface area contributed by atoms with Gasteiger partial charge in [-0.25, -0.2) is 0 Å². The number of hydrogen-bond donors (Lipinski definition) is 0. The molecule has 1 atom stereocenters. The van der Waals surface area contributed by atoms with E-state index in [1.165, 1.54) is 0 Å². The maximum Gasteiger partial charge on any atom is 0.435 e. The SMILES string of the molecule is CC(=O)O[C@@](C)(C=O)C(F)(F)F. The third-order valence-electron chi connectivity index (χ3n) is 1.14. The second kappa shape index (κ2) is 3.12. The molecule has 0 aromatic heterocycles. The van der Waals surface area contributed by atoms with Crippen LogP contribution in [0.5, 0.6) is 0 Å². The Morgan fingerprint density at radius 2 is 1.83 bits per heavy atom. The van der Waals surface area contributed by atoms with Gasteiger partial charge in [0.1, 0.15) is 0 Å². The predicted octanol–water partition coefficient (Wildman–Crippen LogP) is 1.07. The van der Waals surface area contributed by atoms with E-state index < -0.39 is 24.0 Å². The van der Waals surface area contributed by atoms with Gasteiger partial charge in [0.05, 0.1) is 0 Å². The van der Waals surface area contributed by atoms with Gasteiger partial charge in [-0.1, -0.05) is 0 Å². The number of rotatable bonds is 2. The third-order valence-corrected chi connectivity index (χ3v) is 1.14. The van der Waals surface area contributed by atoms with Gasteiger partial charge in [0.25, 0.3) is 5.60 Å². The Morgan fingerprint density at radius 1 is 1.42 bits per heavy atom. The minimum atomic E-state index is -4.87. The first-order valence-corrected chi connectivity index (χ1v) is 2.95. The molecular weight excluding hydrogens is 177 g/mol. The van der Waals surface area contributed by atoms with E-state index in [1.54, 1.807) is 0 Å². The normalized spacial score (nSPS) is 16.4. The molecule has 0 amide bonds. The Kier molecular flexibility index (Phi) is 2.84. The smallest absolute Gasteiger partial charge is 0.435 e. The van der Waals surface area contributed by atoms with Crippen molar-refractivity contribution in [3.8, 4) is 0 Å². The van der Waals surface area contributed by atoms with Gasteiger partial charge in [0, 0.05) is 6.92 Å². The molecule has 0 fully saturated rings. The molecule has 0 aromatic carbocycles. The van der Waals surface area contributed by atoms with Crippen LogP contribution in [0.1, 0.15) is 13.8 Å². The highest BCUT2D eigenvalue weighted by molar-refractivity contribution is 5.73. The lowest BCUT2D eigenvalue weighted by molar-refractivity contribution is -0.249. The Hall–Kier alpha value is -1.07. The molecular formula is C6H7F3O3. The van der Waals surface area contributed by atoms with Crippen LogP contribution in [0.4, 0.5) is 13.2 Å². The molecule has 0 heterocycles. The second-order valence-corrected chi connectivity index (χ2v) is 2.32. The summed E-state index contributed by atoms with van der Waals surface area (Å²) < 4.78 is 39.7. The molecule has 0 saturated carbocycles. The number of ether oxygens (including phenoxy) is 1. The third kappa shape index (κ3) is 2.21. The number of aldehydes is 1. The van der Waals surface area contributed by atoms with Crippen LogP contribution in [0.3, 0.4) is 0 Å². The van der Waals surface area contributed by atoms with E-state index in [0.29, 0.717) is 6.92 Å². The molecule has 0 aliphatic carbocycles. The summed E-state index contributed by atoms with van der Waals surface area (Å²) in [4.78, 5) is 20.2. The first-order valence-electron chi connectivity index (χ1n) is 2.95. The van der Waals surface area contributed by atoms with Crippen molar-refractivity contribution in [3.05, 3.63) is 0 Å². The molecule has 0 aliphatic rings. The fourth-order valence-corrected chi connectivity index (χ4v) is 0.447. The standard InChI is InChI=1S/C6H7F3O3/c1-4(11)12-5(2,3-10)6(7,8)9/h3H,1-2H3/t5-/m0/s1. The Morgan fingerprint density at radius 3 is 1.92 bits per heavy atom. The van der Waals surface area contributed by atoms with E-state index in [-0.39, 0.29) is 0 Å². The second-order valence-electron chi connectivity index (χ2n) is 2.32. The summed E-state index contributed by atoms with van der Waals surface area (Å²) in [7, 11) is 0. The van der Waals surface area contributed by atoms with E-state index in [2.05, 4.69) is 4.74 Å². The van der Waals surface area contributed by atoms with Crippen molar-refractivity contribution in [2.24, 2.45) is 0 Å². The van der Waals surface area contributed by atoms with Crippen LogP contribution in [0.25, 0.3) is 0 Å². The highest BCUT2D eigenvalue weighted by atomic mass is 19.4. The number of hydrogen-bond acceptors (Lipinski definition) is 3. The summed E-state index contributed by atoms with van der Waals surface area (Å²) in [5, 5.41) is 0. The lowest BCUT2D eigenvalue weighted by Gasteiger charge is -2.25. The Labute approximate surface area is 66.5 Å². The lowest BCUT2D eigenvalue weighted by atomic mass is 10.1. The van der Waals surface area contributed by atoms with Crippen LogP contribution >= 0.6 is 0 Å². The van der Waals surface area contributed by atoms with Gasteiger partial charge >= 0.3 is 12.1 Å². The van der Waals surface area contributed by atoms with Crippen LogP contribution in [0, 0.1) is 0 Å². The van der Waals surface area contributed by atoms with Crippen molar-refractivity contribution in [2.45, 2.75) is 25.6 Å². The van der Waals surface area contributed by atoms with E-state index in [1.807, 2.05) is 0 Å². The average molecular weight is 184 g/mol. The van der Waals surface area contributed by atoms with Gasteiger partial charge in [0.2, 0.25) is 0 Å². The zero-order valence-corrected chi connectivity index (χ0v) is 6.44. The van der Waals surface area contributed by atoms with Gasteiger partial charge in [-0.05, 0) is 6.92 Å². The summed E-state index contributed by atoms with van der Waals surface area (Å²) in [6.07, 6.45) is -5.32. The molecule has 0 rings (SSSR count). The minimum Gasteiger partial charge on any atom is -0.442 e. The van der Waals surface area contributed by atoms with Gasteiger partial charge in [0.15, 0.2) is 6.29 Å². The predicted molar refractivity (Wildman–Crippen MR) is 32.3 cm³/mol. The fraction of sp³-hybridized carbons (Fsp3) is 0.667. The summed E-state index contributed by atoms with van der Waals surface area (Å²) >= 11 is 0. The molecule has 0 unspecified atom stereocenters. The molecule has 0 radical (unpaired) electrons. The quantitative estimate of drug-likeness (QED) is 0.476. The largest absolute Gasteiger partial charge is 0.442 e. The van der Waals surface area contributed by atoms with Crippen molar-refractivity contribution < 1.29 is 27.5 Å². The zero-order valence-electron chi connectivity index (χ0n) is 6.44. The summed E-state index contributed by atoms with van der Waals surface area (Å²) in [6, 6.07) is 0. The molecule has 0 saturated heterocycles. The zero-order chi connectivity index (χ0) is 9.99. The number of carbonyl (C=O) groups excluding carboxylic acids is 2. The van der Waals surface area contributed by atoms with Gasteiger partial charge in [-0.15, -0.1) is 0 Å². The van der Waals surface area contributed by atoms with Gasteiger partial charge in [-0.3, -0.25) is 9.59 Å². The Balaban J connectivity index is 4.68. The topological polar surface area (TPSA) is 43.4 Å². The highest BCUT2D eigenvalue weighted by Crippen LogP contribution is 2.31. The molecule has 0 aromatic rings. The van der Waals surface area contributed by atoms with Gasteiger partial charge in [-0.2, -0.15) is 13.2 Å². The Bertz CT molecular complexity index is 199. The summed E-state index contributed by atoms with van der Waals surface area (Å²) in [5.41, 5.74) is -3.03. The van der Waals surface area contributed by atoms with E-state index in [0.717, 1.165) is 6.92 Å². The van der Waals surface area contributed by atoms with E-state index in [4.69, 9.17) is 0 Å². The fourth-order valence-electron chi connectivity index (χ4n) is 0.447. The molecule has 12 heavy (non-hydrogen) atoms. The molecule has 70 valence electrons. The minimum absolute atomic E-state index is 0.450. The van der Waals surface area contributed by atoms with Crippen LogP contribution in [-0.2, 0) is 14.3 Å². The molecule has 0 bridgehead atoms. The molecule has 0 spiro atoms. The van der Waals surface area contributed by atoms with Crippen molar-refractivity contribution in [1.82, 2.24) is 0 Å². The average Bonchev–Trinajstić information content (AvgIpc) is 1.83. The molecule has 0 N–H and O–H groups in total. The van der Waals surface area contributed by atoms with Crippen LogP contribution in [0.15, 0.2) is 0 Å². The van der Waals surface area contributed by atoms with Crippen LogP contribution in [-0.4, -0.2) is 24.0 Å². The monoisotopic (exact) mass is 184 g/mol. The number of alkyl halides is 3. The molecule has 3 nitrogen and oxygen atoms in total. The maximum atomic E-state index is 12.0. The lowest BCUT2D eigenvalue weighted by Crippen LogP contribution is -2.47. The van der Waals surface area contributed by atoms with Gasteiger partial charge < -0.3 is 4.74 Å². The maximum absolute atomic E-state index is 12.0. The number of carbonyl (C=O) groups is 2. The van der Waals surface area contributed by atoms with Crippen LogP contribution in [0.2, 0.25) is 0 Å². The van der Waals surface area contributed by atoms with Crippen molar-refractivity contribution in [1.29, 1.82) is 0 Å². The number of esters is 1. The summed E-state index contributed by atoms with van der Waals surface area (Å²) in [6.45, 7) is 1.29. The van der Waals surface area contributed by atoms with Crippen molar-refractivity contribution >= 4 is 12.3 Å². The molecule has 6 heteroatoms. The highest BCUT2D eigenvalue weighted by Gasteiger charge is 2.54. The van der Waals surface area contributed by atoms with E-state index >= 15 is 0 Å². The number of halogens is 3. The van der Waals surface area contributed by atoms with Crippen LogP contribution < -0.4 is 0 Å². The first-order chi connectivity index (χ1) is 5.23. The summed E-state index contributed by atoms with van der Waals surface area (Å²) in [5.74, 6) is -1.15.